The Morgan fingerprint density at radius 1 is 1.06 bits per heavy atom. The average Bonchev–Trinajstić information content (AvgIpc) is 2.18. The molecule has 0 amide bonds. The lowest BCUT2D eigenvalue weighted by atomic mass is 10.3. The van der Waals surface area contributed by atoms with Crippen LogP contribution < -0.4 is 5.32 Å². The summed E-state index contributed by atoms with van der Waals surface area (Å²) in [6.07, 6.45) is -16.1. The summed E-state index contributed by atoms with van der Waals surface area (Å²) in [7, 11) is 1.17. The predicted octanol–water partition coefficient (Wildman–Crippen LogP) is 2.12. The molecule has 18 heavy (non-hydrogen) atoms. The third-order valence-corrected chi connectivity index (χ3v) is 1.90. The van der Waals surface area contributed by atoms with Gasteiger partial charge in [-0.25, -0.2) is 0 Å². The molecule has 0 heterocycles. The second-order valence-corrected chi connectivity index (χ2v) is 3.48. The molecule has 0 aromatic rings. The number of hydrogen-bond donors (Lipinski definition) is 1. The van der Waals surface area contributed by atoms with E-state index in [4.69, 9.17) is 0 Å². The molecule has 0 fully saturated rings. The van der Waals surface area contributed by atoms with E-state index in [-0.39, 0.29) is 13.2 Å². The summed E-state index contributed by atoms with van der Waals surface area (Å²) in [5, 5.41) is 2.60. The Labute approximate surface area is 100 Å². The van der Waals surface area contributed by atoms with E-state index >= 15 is 0 Å². The number of alkyl halides is 6. The highest BCUT2D eigenvalue weighted by Gasteiger charge is 2.58. The van der Waals surface area contributed by atoms with Gasteiger partial charge in [0.15, 0.2) is 0 Å². The lowest BCUT2D eigenvalue weighted by Gasteiger charge is -2.27. The highest BCUT2D eigenvalue weighted by molar-refractivity contribution is 4.78. The third-order valence-electron chi connectivity index (χ3n) is 1.90. The Hall–Kier alpha value is -0.540. The van der Waals surface area contributed by atoms with Crippen molar-refractivity contribution in [2.45, 2.75) is 31.5 Å². The van der Waals surface area contributed by atoms with Crippen LogP contribution in [0.3, 0.4) is 0 Å². The molecule has 3 nitrogen and oxygen atoms in total. The number of ether oxygens (including phenoxy) is 2. The Morgan fingerprint density at radius 2 is 1.56 bits per heavy atom. The molecule has 0 spiro atoms. The van der Waals surface area contributed by atoms with E-state index in [0.717, 1.165) is 0 Å². The van der Waals surface area contributed by atoms with E-state index in [0.29, 0.717) is 6.54 Å². The molecular weight excluding hydrogens is 268 g/mol. The largest absolute Gasteiger partial charge is 0.423 e. The molecule has 110 valence electrons. The van der Waals surface area contributed by atoms with Crippen LogP contribution in [0, 0.1) is 0 Å². The van der Waals surface area contributed by atoms with E-state index in [1.165, 1.54) is 7.11 Å². The van der Waals surface area contributed by atoms with Gasteiger partial charge in [-0.2, -0.15) is 26.3 Å². The van der Waals surface area contributed by atoms with Gasteiger partial charge in [-0.3, -0.25) is 0 Å². The molecule has 1 unspecified atom stereocenters. The van der Waals surface area contributed by atoms with Crippen molar-refractivity contribution in [1.29, 1.82) is 0 Å². The van der Waals surface area contributed by atoms with E-state index in [1.54, 1.807) is 6.92 Å². The summed E-state index contributed by atoms with van der Waals surface area (Å²) in [6, 6.07) is 0. The van der Waals surface area contributed by atoms with E-state index in [2.05, 4.69) is 14.8 Å². The fraction of sp³-hybridized carbons (Fsp3) is 1.00. The van der Waals surface area contributed by atoms with Crippen molar-refractivity contribution < 1.29 is 35.8 Å². The van der Waals surface area contributed by atoms with Gasteiger partial charge in [0.1, 0.15) is 0 Å². The monoisotopic (exact) mass is 283 g/mol. The molecule has 0 aromatic heterocycles. The summed E-state index contributed by atoms with van der Waals surface area (Å²) in [5.41, 5.74) is 0. The van der Waals surface area contributed by atoms with Gasteiger partial charge in [0.2, 0.25) is 6.10 Å². The number of likely N-dealkylation sites (N-methyl/N-ethyl adjacent to an activating group) is 1. The number of halogens is 6. The minimum absolute atomic E-state index is 0.160. The second kappa shape index (κ2) is 7.15. The van der Waals surface area contributed by atoms with Gasteiger partial charge in [-0.1, -0.05) is 6.92 Å². The maximum Gasteiger partial charge on any atom is 0.423 e. The molecule has 0 aromatic carbocycles. The van der Waals surface area contributed by atoms with Crippen molar-refractivity contribution in [2.75, 3.05) is 26.8 Å². The van der Waals surface area contributed by atoms with Crippen molar-refractivity contribution in [3.63, 3.8) is 0 Å². The Morgan fingerprint density at radius 3 is 1.89 bits per heavy atom. The minimum atomic E-state index is -5.50. The standard InChI is InChI=1S/C9H15F6NO2/c1-3-16-4-6(5-17-2)18-7(8(10,11)12)9(13,14)15/h6-7,16H,3-5H2,1-2H3. The van der Waals surface area contributed by atoms with Gasteiger partial charge in [0.05, 0.1) is 12.7 Å². The maximum absolute atomic E-state index is 12.2. The summed E-state index contributed by atoms with van der Waals surface area (Å²) in [5.74, 6) is 0. The number of rotatable bonds is 7. The highest BCUT2D eigenvalue weighted by atomic mass is 19.4. The van der Waals surface area contributed by atoms with Crippen molar-refractivity contribution in [2.24, 2.45) is 0 Å². The molecular formula is C9H15F6NO2. The zero-order valence-electron chi connectivity index (χ0n) is 9.86. The Balaban J connectivity index is 4.70. The molecule has 0 aliphatic rings. The van der Waals surface area contributed by atoms with Gasteiger partial charge >= 0.3 is 12.4 Å². The first-order valence-electron chi connectivity index (χ1n) is 5.11. The van der Waals surface area contributed by atoms with E-state index < -0.39 is 24.6 Å². The summed E-state index contributed by atoms with van der Waals surface area (Å²) >= 11 is 0. The lowest BCUT2D eigenvalue weighted by molar-refractivity contribution is -0.332. The van der Waals surface area contributed by atoms with Crippen LogP contribution in [-0.2, 0) is 9.47 Å². The van der Waals surface area contributed by atoms with E-state index in [1.807, 2.05) is 0 Å². The Kier molecular flexibility index (Phi) is 6.93. The summed E-state index contributed by atoms with van der Waals surface area (Å²) < 4.78 is 82.0. The van der Waals surface area contributed by atoms with Crippen LogP contribution in [0.15, 0.2) is 0 Å². The smallest absolute Gasteiger partial charge is 0.382 e. The van der Waals surface area contributed by atoms with Crippen LogP contribution in [0.25, 0.3) is 0 Å². The number of nitrogens with one attached hydrogen (secondary N) is 1. The highest BCUT2D eigenvalue weighted by Crippen LogP contribution is 2.36. The van der Waals surface area contributed by atoms with Gasteiger partial charge in [-0.15, -0.1) is 0 Å². The zero-order valence-corrected chi connectivity index (χ0v) is 9.86. The number of methoxy groups -OCH3 is 1. The molecule has 1 N–H and O–H groups in total. The van der Waals surface area contributed by atoms with Gasteiger partial charge < -0.3 is 14.8 Å². The second-order valence-electron chi connectivity index (χ2n) is 3.48. The summed E-state index contributed by atoms with van der Waals surface area (Å²) in [6.45, 7) is 1.53. The fourth-order valence-corrected chi connectivity index (χ4v) is 1.17. The van der Waals surface area contributed by atoms with Crippen LogP contribution in [0.2, 0.25) is 0 Å². The number of hydrogen-bond acceptors (Lipinski definition) is 3. The topological polar surface area (TPSA) is 30.5 Å². The average molecular weight is 283 g/mol. The van der Waals surface area contributed by atoms with Crippen molar-refractivity contribution in [1.82, 2.24) is 5.32 Å². The quantitative estimate of drug-likeness (QED) is 0.726. The normalized spacial score (nSPS) is 15.2. The first-order chi connectivity index (χ1) is 8.12. The van der Waals surface area contributed by atoms with Gasteiger partial charge in [0, 0.05) is 13.7 Å². The van der Waals surface area contributed by atoms with Crippen molar-refractivity contribution >= 4 is 0 Å². The first-order valence-corrected chi connectivity index (χ1v) is 5.11. The third kappa shape index (κ3) is 6.41. The van der Waals surface area contributed by atoms with Crippen molar-refractivity contribution in [3.8, 4) is 0 Å². The molecule has 0 saturated carbocycles. The molecule has 0 bridgehead atoms. The van der Waals surface area contributed by atoms with Crippen LogP contribution in [0.4, 0.5) is 26.3 Å². The molecule has 0 rings (SSSR count). The predicted molar refractivity (Wildman–Crippen MR) is 51.2 cm³/mol. The molecule has 1 atom stereocenters. The molecule has 0 saturated heterocycles. The zero-order chi connectivity index (χ0) is 14.4. The fourth-order valence-electron chi connectivity index (χ4n) is 1.17. The van der Waals surface area contributed by atoms with Crippen LogP contribution >= 0.6 is 0 Å². The molecule has 0 aliphatic heterocycles. The van der Waals surface area contributed by atoms with Crippen molar-refractivity contribution in [3.05, 3.63) is 0 Å². The first kappa shape index (κ1) is 17.5. The lowest BCUT2D eigenvalue weighted by Crippen LogP contribution is -2.49. The maximum atomic E-state index is 12.2. The minimum Gasteiger partial charge on any atom is -0.382 e. The Bertz CT molecular complexity index is 216. The van der Waals surface area contributed by atoms with Gasteiger partial charge in [0.25, 0.3) is 0 Å². The van der Waals surface area contributed by atoms with Crippen LogP contribution in [0.1, 0.15) is 6.92 Å². The van der Waals surface area contributed by atoms with Crippen LogP contribution in [0.5, 0.6) is 0 Å². The molecule has 9 heteroatoms. The molecule has 0 aliphatic carbocycles. The molecule has 0 radical (unpaired) electrons. The SMILES string of the molecule is CCNCC(COC)OC(C(F)(F)F)C(F)(F)F. The van der Waals surface area contributed by atoms with E-state index in [9.17, 15) is 26.3 Å². The summed E-state index contributed by atoms with van der Waals surface area (Å²) in [4.78, 5) is 0. The van der Waals surface area contributed by atoms with Gasteiger partial charge in [-0.05, 0) is 6.54 Å². The van der Waals surface area contributed by atoms with Crippen LogP contribution in [-0.4, -0.2) is 51.4 Å².